The second-order valence-corrected chi connectivity index (χ2v) is 8.01. The number of nitrogens with one attached hydrogen (secondary N) is 3. The number of benzene rings is 1. The SMILES string of the molecule is NC(=O)CC(NC(=O)C(CC(N)=O)NC(=O)C(CC(N)=O)NC(=O)C(N)Cc1ccc(O)cc1)C(=O)O. The van der Waals surface area contributed by atoms with Crippen molar-refractivity contribution in [2.45, 2.75) is 49.9 Å². The molecule has 1 aromatic carbocycles. The molecule has 202 valence electrons. The van der Waals surface area contributed by atoms with E-state index >= 15 is 0 Å². The van der Waals surface area contributed by atoms with E-state index in [1.165, 1.54) is 24.3 Å². The molecule has 0 radical (unpaired) electrons. The highest BCUT2D eigenvalue weighted by atomic mass is 16.4. The lowest BCUT2D eigenvalue weighted by Gasteiger charge is -2.24. The maximum atomic E-state index is 12.8. The van der Waals surface area contributed by atoms with Gasteiger partial charge in [-0.25, -0.2) is 4.79 Å². The summed E-state index contributed by atoms with van der Waals surface area (Å²) in [5, 5.41) is 24.8. The van der Waals surface area contributed by atoms with Gasteiger partial charge in [0, 0.05) is 0 Å². The first-order valence-electron chi connectivity index (χ1n) is 10.7. The van der Waals surface area contributed by atoms with Gasteiger partial charge in [0.15, 0.2) is 0 Å². The molecule has 0 aromatic heterocycles. The van der Waals surface area contributed by atoms with Crippen LogP contribution in [0.5, 0.6) is 5.75 Å². The molecule has 13 N–H and O–H groups in total. The van der Waals surface area contributed by atoms with Crippen molar-refractivity contribution in [1.29, 1.82) is 0 Å². The number of carboxylic acids is 1. The zero-order valence-corrected chi connectivity index (χ0v) is 19.5. The Bertz CT molecular complexity index is 1050. The number of carboxylic acid groups (broad SMARTS) is 1. The van der Waals surface area contributed by atoms with Crippen LogP contribution in [0.1, 0.15) is 24.8 Å². The van der Waals surface area contributed by atoms with Crippen LogP contribution in [0.25, 0.3) is 0 Å². The van der Waals surface area contributed by atoms with Crippen molar-refractivity contribution >= 4 is 41.4 Å². The fourth-order valence-corrected chi connectivity index (χ4v) is 3.02. The Morgan fingerprint density at radius 3 is 1.46 bits per heavy atom. The van der Waals surface area contributed by atoms with E-state index in [4.69, 9.17) is 28.0 Å². The zero-order chi connectivity index (χ0) is 28.3. The third-order valence-corrected chi connectivity index (χ3v) is 4.83. The van der Waals surface area contributed by atoms with Crippen LogP contribution in [0.4, 0.5) is 0 Å². The van der Waals surface area contributed by atoms with Crippen LogP contribution in [0.2, 0.25) is 0 Å². The number of phenolic OH excluding ortho intramolecular Hbond substituents is 1. The molecule has 0 aliphatic carbocycles. The number of aromatic hydroxyl groups is 1. The van der Waals surface area contributed by atoms with Crippen LogP contribution in [0.3, 0.4) is 0 Å². The summed E-state index contributed by atoms with van der Waals surface area (Å²) in [6.45, 7) is 0. The van der Waals surface area contributed by atoms with E-state index in [1.807, 2.05) is 5.32 Å². The molecule has 0 aliphatic rings. The summed E-state index contributed by atoms with van der Waals surface area (Å²) in [6.07, 6.45) is -2.29. The molecule has 16 nitrogen and oxygen atoms in total. The van der Waals surface area contributed by atoms with Crippen molar-refractivity contribution in [3.05, 3.63) is 29.8 Å². The molecule has 0 aliphatic heterocycles. The predicted molar refractivity (Wildman–Crippen MR) is 125 cm³/mol. The summed E-state index contributed by atoms with van der Waals surface area (Å²) in [4.78, 5) is 83.1. The van der Waals surface area contributed by atoms with Gasteiger partial charge in [-0.05, 0) is 24.1 Å². The predicted octanol–water partition coefficient (Wildman–Crippen LogP) is -4.57. The van der Waals surface area contributed by atoms with Gasteiger partial charge >= 0.3 is 5.97 Å². The lowest BCUT2D eigenvalue weighted by molar-refractivity contribution is -0.144. The number of carbonyl (C=O) groups is 7. The molecular weight excluding hydrogens is 494 g/mol. The minimum atomic E-state index is -1.77. The normalized spacial score (nSPS) is 13.8. The van der Waals surface area contributed by atoms with Crippen LogP contribution < -0.4 is 38.9 Å². The van der Waals surface area contributed by atoms with Gasteiger partial charge in [-0.1, -0.05) is 12.1 Å². The minimum Gasteiger partial charge on any atom is -0.508 e. The largest absolute Gasteiger partial charge is 0.508 e. The number of amides is 6. The first-order chi connectivity index (χ1) is 17.2. The molecule has 4 unspecified atom stereocenters. The summed E-state index contributed by atoms with van der Waals surface area (Å²) < 4.78 is 0. The summed E-state index contributed by atoms with van der Waals surface area (Å²) >= 11 is 0. The van der Waals surface area contributed by atoms with E-state index in [2.05, 4.69) is 10.6 Å². The summed E-state index contributed by atoms with van der Waals surface area (Å²) in [6, 6.07) is -0.523. The van der Waals surface area contributed by atoms with Crippen molar-refractivity contribution in [3.8, 4) is 5.75 Å². The topological polar surface area (TPSA) is 300 Å². The molecule has 0 saturated carbocycles. The van der Waals surface area contributed by atoms with Gasteiger partial charge in [-0.15, -0.1) is 0 Å². The van der Waals surface area contributed by atoms with Crippen molar-refractivity contribution in [2.75, 3.05) is 0 Å². The third kappa shape index (κ3) is 11.0. The third-order valence-electron chi connectivity index (χ3n) is 4.83. The van der Waals surface area contributed by atoms with Gasteiger partial charge in [0.2, 0.25) is 35.4 Å². The van der Waals surface area contributed by atoms with Crippen molar-refractivity contribution in [3.63, 3.8) is 0 Å². The van der Waals surface area contributed by atoms with Crippen LogP contribution >= 0.6 is 0 Å². The molecule has 6 amide bonds. The standard InChI is InChI=1S/C21H29N7O9/c22-11(5-9-1-3-10(29)4-2-9)18(33)26-12(6-15(23)30)19(34)27-13(7-16(24)31)20(35)28-14(21(36)37)8-17(25)32/h1-4,11-14,29H,5-8,22H2,(H2,23,30)(H2,24,31)(H2,25,32)(H,26,33)(H,27,34)(H,28,35)(H,36,37). The van der Waals surface area contributed by atoms with Crippen molar-refractivity contribution in [1.82, 2.24) is 16.0 Å². The lowest BCUT2D eigenvalue weighted by Crippen LogP contribution is -2.58. The van der Waals surface area contributed by atoms with E-state index in [0.29, 0.717) is 5.56 Å². The maximum absolute atomic E-state index is 12.8. The Balaban J connectivity index is 2.99. The Hall–Kier alpha value is -4.73. The van der Waals surface area contributed by atoms with Gasteiger partial charge in [-0.2, -0.15) is 0 Å². The first kappa shape index (κ1) is 30.3. The lowest BCUT2D eigenvalue weighted by atomic mass is 10.0. The van der Waals surface area contributed by atoms with Crippen molar-refractivity contribution < 1.29 is 43.8 Å². The molecule has 16 heteroatoms. The molecule has 0 heterocycles. The van der Waals surface area contributed by atoms with Gasteiger partial charge in [0.1, 0.15) is 23.9 Å². The number of hydrogen-bond acceptors (Lipinski definition) is 9. The average molecular weight is 524 g/mol. The first-order valence-corrected chi connectivity index (χ1v) is 10.7. The number of rotatable bonds is 15. The summed E-state index contributed by atoms with van der Waals surface area (Å²) in [7, 11) is 0. The number of primary amides is 3. The smallest absolute Gasteiger partial charge is 0.326 e. The Kier molecular flexibility index (Phi) is 11.4. The Morgan fingerprint density at radius 2 is 1.05 bits per heavy atom. The highest BCUT2D eigenvalue weighted by Crippen LogP contribution is 2.11. The fraction of sp³-hybridized carbons (Fsp3) is 0.381. The van der Waals surface area contributed by atoms with Crippen LogP contribution in [-0.4, -0.2) is 75.8 Å². The zero-order valence-electron chi connectivity index (χ0n) is 19.5. The van der Waals surface area contributed by atoms with E-state index < -0.39 is 84.8 Å². The van der Waals surface area contributed by atoms with E-state index in [9.17, 15) is 38.7 Å². The van der Waals surface area contributed by atoms with Crippen LogP contribution in [0, 0.1) is 0 Å². The van der Waals surface area contributed by atoms with Crippen LogP contribution in [0.15, 0.2) is 24.3 Å². The molecular formula is C21H29N7O9. The average Bonchev–Trinajstić information content (AvgIpc) is 2.78. The Labute approximate surface area is 210 Å². The van der Waals surface area contributed by atoms with E-state index in [-0.39, 0.29) is 12.2 Å². The Morgan fingerprint density at radius 1 is 0.676 bits per heavy atom. The summed E-state index contributed by atoms with van der Waals surface area (Å²) in [5.41, 5.74) is 21.7. The molecule has 37 heavy (non-hydrogen) atoms. The monoisotopic (exact) mass is 523 g/mol. The molecule has 0 bridgehead atoms. The second-order valence-electron chi connectivity index (χ2n) is 8.01. The van der Waals surface area contributed by atoms with E-state index in [0.717, 1.165) is 0 Å². The van der Waals surface area contributed by atoms with E-state index in [1.54, 1.807) is 0 Å². The number of carbonyl (C=O) groups excluding carboxylic acids is 6. The summed E-state index contributed by atoms with van der Waals surface area (Å²) in [5.74, 6) is -7.92. The second kappa shape index (κ2) is 14.0. The quantitative estimate of drug-likeness (QED) is 0.106. The molecule has 0 saturated heterocycles. The molecule has 0 fully saturated rings. The highest BCUT2D eigenvalue weighted by Gasteiger charge is 2.32. The maximum Gasteiger partial charge on any atom is 0.326 e. The fourth-order valence-electron chi connectivity index (χ4n) is 3.02. The van der Waals surface area contributed by atoms with Gasteiger partial charge in [-0.3, -0.25) is 28.8 Å². The highest BCUT2D eigenvalue weighted by molar-refractivity contribution is 5.98. The van der Waals surface area contributed by atoms with Gasteiger partial charge in [0.25, 0.3) is 0 Å². The molecule has 0 spiro atoms. The van der Waals surface area contributed by atoms with Crippen LogP contribution in [-0.2, 0) is 40.0 Å². The number of aliphatic carboxylic acids is 1. The molecule has 4 atom stereocenters. The molecule has 1 rings (SSSR count). The minimum absolute atomic E-state index is 0.000169. The molecule has 1 aromatic rings. The number of hydrogen-bond donors (Lipinski definition) is 9. The van der Waals surface area contributed by atoms with Gasteiger partial charge in [0.05, 0.1) is 25.3 Å². The van der Waals surface area contributed by atoms with Crippen molar-refractivity contribution in [2.24, 2.45) is 22.9 Å². The van der Waals surface area contributed by atoms with Gasteiger partial charge < -0.3 is 49.1 Å². The number of nitrogens with two attached hydrogens (primary N) is 4. The number of phenols is 1.